The number of hydrogen-bond donors (Lipinski definition) is 0. The van der Waals surface area contributed by atoms with Crippen LogP contribution in [0.15, 0.2) is 48.5 Å². The summed E-state index contributed by atoms with van der Waals surface area (Å²) in [5.41, 5.74) is 0.973. The van der Waals surface area contributed by atoms with E-state index in [0.717, 1.165) is 18.7 Å². The monoisotopic (exact) mass is 331 g/mol. The molecule has 0 N–H and O–H groups in total. The Morgan fingerprint density at radius 1 is 1.17 bits per heavy atom. The SMILES string of the molecule is COc1ccccc1OCC1CN(Cc2cccc(F)c2)CCO1. The zero-order valence-corrected chi connectivity index (χ0v) is 13.8. The minimum atomic E-state index is -0.197. The highest BCUT2D eigenvalue weighted by molar-refractivity contribution is 5.39. The summed E-state index contributed by atoms with van der Waals surface area (Å²) >= 11 is 0. The summed E-state index contributed by atoms with van der Waals surface area (Å²) in [6.07, 6.45) is -0.0165. The lowest BCUT2D eigenvalue weighted by Crippen LogP contribution is -2.44. The summed E-state index contributed by atoms with van der Waals surface area (Å²) in [5, 5.41) is 0. The number of halogens is 1. The van der Waals surface area contributed by atoms with E-state index in [0.29, 0.717) is 31.3 Å². The third-order valence-corrected chi connectivity index (χ3v) is 4.01. The number of nitrogens with zero attached hydrogens (tertiary/aromatic N) is 1. The van der Waals surface area contributed by atoms with Crippen LogP contribution in [0.1, 0.15) is 5.56 Å². The van der Waals surface area contributed by atoms with E-state index in [1.165, 1.54) is 6.07 Å². The molecule has 0 bridgehead atoms. The molecule has 0 spiro atoms. The highest BCUT2D eigenvalue weighted by Gasteiger charge is 2.21. The fourth-order valence-corrected chi connectivity index (χ4v) is 2.84. The summed E-state index contributed by atoms with van der Waals surface area (Å²) in [6, 6.07) is 14.3. The van der Waals surface area contributed by atoms with Crippen molar-refractivity contribution in [1.29, 1.82) is 0 Å². The minimum absolute atomic E-state index is 0.0165. The molecule has 0 amide bonds. The van der Waals surface area contributed by atoms with Gasteiger partial charge < -0.3 is 14.2 Å². The van der Waals surface area contributed by atoms with Gasteiger partial charge in [-0.3, -0.25) is 4.90 Å². The van der Waals surface area contributed by atoms with E-state index in [1.807, 2.05) is 30.3 Å². The zero-order chi connectivity index (χ0) is 16.8. The predicted molar refractivity (Wildman–Crippen MR) is 89.9 cm³/mol. The molecule has 1 aliphatic heterocycles. The Morgan fingerprint density at radius 2 is 2.00 bits per heavy atom. The molecule has 1 heterocycles. The van der Waals surface area contributed by atoms with Gasteiger partial charge in [-0.05, 0) is 29.8 Å². The average Bonchev–Trinajstić information content (AvgIpc) is 2.60. The molecule has 1 fully saturated rings. The number of benzene rings is 2. The second kappa shape index (κ2) is 8.13. The summed E-state index contributed by atoms with van der Waals surface area (Å²) in [4.78, 5) is 2.26. The summed E-state index contributed by atoms with van der Waals surface area (Å²) < 4.78 is 30.2. The Labute approximate surface area is 141 Å². The van der Waals surface area contributed by atoms with Crippen LogP contribution < -0.4 is 9.47 Å². The highest BCUT2D eigenvalue weighted by Crippen LogP contribution is 2.26. The van der Waals surface area contributed by atoms with Gasteiger partial charge in [0, 0.05) is 19.6 Å². The standard InChI is InChI=1S/C19H22FNO3/c1-22-18-7-2-3-8-19(18)24-14-17-13-21(9-10-23-17)12-15-5-4-6-16(20)11-15/h2-8,11,17H,9-10,12-14H2,1H3. The molecule has 2 aromatic rings. The van der Waals surface area contributed by atoms with Crippen LogP contribution in [0.4, 0.5) is 4.39 Å². The number of morpholine rings is 1. The van der Waals surface area contributed by atoms with Gasteiger partial charge in [0.25, 0.3) is 0 Å². The largest absolute Gasteiger partial charge is 0.493 e. The van der Waals surface area contributed by atoms with Crippen LogP contribution in [-0.4, -0.2) is 44.4 Å². The van der Waals surface area contributed by atoms with Crippen molar-refractivity contribution in [2.75, 3.05) is 33.4 Å². The molecule has 1 unspecified atom stereocenters. The van der Waals surface area contributed by atoms with Gasteiger partial charge in [-0.2, -0.15) is 0 Å². The summed E-state index contributed by atoms with van der Waals surface area (Å²) in [5.74, 6) is 1.23. The molecule has 128 valence electrons. The smallest absolute Gasteiger partial charge is 0.161 e. The number of hydrogen-bond acceptors (Lipinski definition) is 4. The van der Waals surface area contributed by atoms with Crippen LogP contribution in [0.25, 0.3) is 0 Å². The van der Waals surface area contributed by atoms with E-state index in [1.54, 1.807) is 19.2 Å². The van der Waals surface area contributed by atoms with Gasteiger partial charge in [0.2, 0.25) is 0 Å². The Balaban J connectivity index is 1.54. The van der Waals surface area contributed by atoms with Crippen LogP contribution in [0, 0.1) is 5.82 Å². The topological polar surface area (TPSA) is 30.9 Å². The fourth-order valence-electron chi connectivity index (χ4n) is 2.84. The van der Waals surface area contributed by atoms with E-state index < -0.39 is 0 Å². The Hall–Kier alpha value is -2.11. The van der Waals surface area contributed by atoms with Crippen molar-refractivity contribution < 1.29 is 18.6 Å². The van der Waals surface area contributed by atoms with E-state index in [4.69, 9.17) is 14.2 Å². The molecule has 3 rings (SSSR count). The second-order valence-electron chi connectivity index (χ2n) is 5.82. The van der Waals surface area contributed by atoms with Crippen molar-refractivity contribution in [1.82, 2.24) is 4.90 Å². The molecule has 0 aliphatic carbocycles. The number of rotatable bonds is 6. The van der Waals surface area contributed by atoms with Crippen LogP contribution in [-0.2, 0) is 11.3 Å². The molecular formula is C19H22FNO3. The van der Waals surface area contributed by atoms with Gasteiger partial charge >= 0.3 is 0 Å². The first-order chi connectivity index (χ1) is 11.7. The van der Waals surface area contributed by atoms with Gasteiger partial charge in [0.15, 0.2) is 11.5 Å². The molecule has 1 aliphatic rings. The number of ether oxygens (including phenoxy) is 3. The maximum atomic E-state index is 13.3. The molecule has 2 aromatic carbocycles. The van der Waals surface area contributed by atoms with Crippen LogP contribution in [0.3, 0.4) is 0 Å². The third-order valence-electron chi connectivity index (χ3n) is 4.01. The zero-order valence-electron chi connectivity index (χ0n) is 13.8. The first kappa shape index (κ1) is 16.7. The van der Waals surface area contributed by atoms with Crippen molar-refractivity contribution in [3.8, 4) is 11.5 Å². The maximum absolute atomic E-state index is 13.3. The lowest BCUT2D eigenvalue weighted by atomic mass is 10.2. The van der Waals surface area contributed by atoms with Gasteiger partial charge in [0.1, 0.15) is 18.5 Å². The predicted octanol–water partition coefficient (Wildman–Crippen LogP) is 3.11. The normalized spacial score (nSPS) is 18.3. The van der Waals surface area contributed by atoms with Crippen LogP contribution >= 0.6 is 0 Å². The van der Waals surface area contributed by atoms with Gasteiger partial charge in [-0.1, -0.05) is 24.3 Å². The average molecular weight is 331 g/mol. The molecular weight excluding hydrogens is 309 g/mol. The van der Waals surface area contributed by atoms with Gasteiger partial charge in [0.05, 0.1) is 13.7 Å². The molecule has 4 nitrogen and oxygen atoms in total. The highest BCUT2D eigenvalue weighted by atomic mass is 19.1. The van der Waals surface area contributed by atoms with E-state index in [2.05, 4.69) is 4.90 Å². The number of methoxy groups -OCH3 is 1. The van der Waals surface area contributed by atoms with Crippen molar-refractivity contribution in [3.05, 3.63) is 59.9 Å². The first-order valence-corrected chi connectivity index (χ1v) is 8.09. The quantitative estimate of drug-likeness (QED) is 0.814. The molecule has 0 aromatic heterocycles. The lowest BCUT2D eigenvalue weighted by molar-refractivity contribution is -0.0506. The fraction of sp³-hybridized carbons (Fsp3) is 0.368. The third kappa shape index (κ3) is 4.46. The first-order valence-electron chi connectivity index (χ1n) is 8.09. The minimum Gasteiger partial charge on any atom is -0.493 e. The van der Waals surface area contributed by atoms with Crippen molar-refractivity contribution in [2.45, 2.75) is 12.6 Å². The van der Waals surface area contributed by atoms with Crippen LogP contribution in [0.5, 0.6) is 11.5 Å². The molecule has 0 radical (unpaired) electrons. The molecule has 0 saturated carbocycles. The molecule has 5 heteroatoms. The van der Waals surface area contributed by atoms with Crippen molar-refractivity contribution >= 4 is 0 Å². The van der Waals surface area contributed by atoms with Crippen LogP contribution in [0.2, 0.25) is 0 Å². The Morgan fingerprint density at radius 3 is 2.79 bits per heavy atom. The Bertz CT molecular complexity index is 665. The molecule has 1 atom stereocenters. The molecule has 24 heavy (non-hydrogen) atoms. The van der Waals surface area contributed by atoms with E-state index >= 15 is 0 Å². The second-order valence-corrected chi connectivity index (χ2v) is 5.82. The van der Waals surface area contributed by atoms with E-state index in [9.17, 15) is 4.39 Å². The lowest BCUT2D eigenvalue weighted by Gasteiger charge is -2.32. The summed E-state index contributed by atoms with van der Waals surface area (Å²) in [6.45, 7) is 3.41. The van der Waals surface area contributed by atoms with Crippen molar-refractivity contribution in [3.63, 3.8) is 0 Å². The van der Waals surface area contributed by atoms with Crippen molar-refractivity contribution in [2.24, 2.45) is 0 Å². The van der Waals surface area contributed by atoms with E-state index in [-0.39, 0.29) is 11.9 Å². The maximum Gasteiger partial charge on any atom is 0.161 e. The Kier molecular flexibility index (Phi) is 5.67. The summed E-state index contributed by atoms with van der Waals surface area (Å²) in [7, 11) is 1.63. The molecule has 1 saturated heterocycles. The van der Waals surface area contributed by atoms with Gasteiger partial charge in [-0.25, -0.2) is 4.39 Å². The van der Waals surface area contributed by atoms with Gasteiger partial charge in [-0.15, -0.1) is 0 Å². The number of para-hydroxylation sites is 2.